The van der Waals surface area contributed by atoms with Crippen molar-refractivity contribution in [2.24, 2.45) is 4.99 Å². The minimum Gasteiger partial charge on any atom is -0.356 e. The van der Waals surface area contributed by atoms with Crippen molar-refractivity contribution in [2.75, 3.05) is 33.7 Å². The van der Waals surface area contributed by atoms with Gasteiger partial charge in [-0.1, -0.05) is 18.2 Å². The largest absolute Gasteiger partial charge is 0.356 e. The van der Waals surface area contributed by atoms with Crippen molar-refractivity contribution in [3.63, 3.8) is 0 Å². The maximum atomic E-state index is 11.7. The van der Waals surface area contributed by atoms with Crippen LogP contribution >= 0.6 is 24.0 Å². The van der Waals surface area contributed by atoms with Crippen molar-refractivity contribution in [2.45, 2.75) is 19.9 Å². The Balaban J connectivity index is 0.00000364. The topological polar surface area (TPSA) is 74.6 Å². The van der Waals surface area contributed by atoms with E-state index < -0.39 is 0 Å². The Kier molecular flexibility index (Phi) is 9.84. The molecule has 1 heterocycles. The molecule has 0 radical (unpaired) electrons. The molecule has 27 heavy (non-hydrogen) atoms. The summed E-state index contributed by atoms with van der Waals surface area (Å²) in [5.74, 6) is 1.60. The van der Waals surface area contributed by atoms with Gasteiger partial charge in [0, 0.05) is 33.7 Å². The molecule has 148 valence electrons. The number of fused-ring (bicyclic) bond motifs is 1. The summed E-state index contributed by atoms with van der Waals surface area (Å²) in [5, 5.41) is 6.39. The van der Waals surface area contributed by atoms with Crippen LogP contribution in [0.5, 0.6) is 0 Å². The number of benzene rings is 1. The number of aliphatic imine (C=N–C) groups is 1. The van der Waals surface area contributed by atoms with Gasteiger partial charge in [-0.25, -0.2) is 9.98 Å². The Labute approximate surface area is 178 Å². The molecule has 0 atom stereocenters. The minimum absolute atomic E-state index is 0. The van der Waals surface area contributed by atoms with Crippen LogP contribution in [0.2, 0.25) is 0 Å². The van der Waals surface area contributed by atoms with Crippen molar-refractivity contribution in [1.29, 1.82) is 0 Å². The molecular weight excluding hydrogens is 455 g/mol. The number of amides is 1. The molecule has 0 spiro atoms. The van der Waals surface area contributed by atoms with Gasteiger partial charge in [0.05, 0.1) is 11.0 Å². The maximum Gasteiger partial charge on any atom is 0.243 e. The van der Waals surface area contributed by atoms with E-state index in [0.717, 1.165) is 36.4 Å². The molecular formula is C19H29IN6O. The van der Waals surface area contributed by atoms with Crippen molar-refractivity contribution < 1.29 is 4.79 Å². The first-order valence-electron chi connectivity index (χ1n) is 8.78. The van der Waals surface area contributed by atoms with Gasteiger partial charge in [0.25, 0.3) is 0 Å². The van der Waals surface area contributed by atoms with E-state index in [2.05, 4.69) is 37.8 Å². The van der Waals surface area contributed by atoms with Gasteiger partial charge in [-0.15, -0.1) is 30.6 Å². The van der Waals surface area contributed by atoms with Gasteiger partial charge in [0.1, 0.15) is 12.4 Å². The third kappa shape index (κ3) is 6.85. The highest BCUT2D eigenvalue weighted by atomic mass is 127. The zero-order valence-electron chi connectivity index (χ0n) is 16.2. The fourth-order valence-electron chi connectivity index (χ4n) is 2.55. The van der Waals surface area contributed by atoms with Crippen molar-refractivity contribution in [3.05, 3.63) is 42.7 Å². The number of nitrogens with zero attached hydrogens (tertiary/aromatic N) is 4. The van der Waals surface area contributed by atoms with Crippen LogP contribution in [-0.4, -0.2) is 60.0 Å². The molecule has 2 rings (SSSR count). The minimum atomic E-state index is -0.0368. The fourth-order valence-corrected chi connectivity index (χ4v) is 2.55. The third-order valence-corrected chi connectivity index (χ3v) is 3.98. The molecule has 0 unspecified atom stereocenters. The lowest BCUT2D eigenvalue weighted by atomic mass is 10.3. The van der Waals surface area contributed by atoms with E-state index in [4.69, 9.17) is 0 Å². The molecule has 2 N–H and O–H groups in total. The molecule has 2 aromatic rings. The summed E-state index contributed by atoms with van der Waals surface area (Å²) >= 11 is 0. The predicted octanol–water partition coefficient (Wildman–Crippen LogP) is 2.16. The lowest BCUT2D eigenvalue weighted by Crippen LogP contribution is -2.39. The Morgan fingerprint density at radius 3 is 2.78 bits per heavy atom. The van der Waals surface area contributed by atoms with Gasteiger partial charge in [-0.05, 0) is 25.5 Å². The number of halogens is 1. The predicted molar refractivity (Wildman–Crippen MR) is 122 cm³/mol. The number of likely N-dealkylation sites (N-methyl/N-ethyl adjacent to an activating group) is 1. The molecule has 1 aromatic heterocycles. The lowest BCUT2D eigenvalue weighted by Gasteiger charge is -2.13. The highest BCUT2D eigenvalue weighted by Gasteiger charge is 2.07. The van der Waals surface area contributed by atoms with Crippen LogP contribution in [0, 0.1) is 6.92 Å². The normalized spacial score (nSPS) is 11.0. The van der Waals surface area contributed by atoms with Crippen LogP contribution < -0.4 is 10.6 Å². The second kappa shape index (κ2) is 11.6. The van der Waals surface area contributed by atoms with Crippen molar-refractivity contribution in [1.82, 2.24) is 25.1 Å². The Morgan fingerprint density at radius 1 is 1.33 bits per heavy atom. The molecule has 1 aromatic carbocycles. The average molecular weight is 484 g/mol. The molecule has 0 aliphatic carbocycles. The number of aromatic nitrogens is 2. The van der Waals surface area contributed by atoms with E-state index in [1.54, 1.807) is 20.2 Å². The number of guanidine groups is 1. The molecule has 0 saturated carbocycles. The summed E-state index contributed by atoms with van der Waals surface area (Å²) in [6, 6.07) is 8.16. The molecule has 0 aliphatic rings. The molecule has 0 saturated heterocycles. The van der Waals surface area contributed by atoms with E-state index in [1.165, 1.54) is 4.90 Å². The lowest BCUT2D eigenvalue weighted by molar-refractivity contribution is -0.127. The van der Waals surface area contributed by atoms with Crippen molar-refractivity contribution >= 4 is 46.9 Å². The Morgan fingerprint density at radius 2 is 2.07 bits per heavy atom. The summed E-state index contributed by atoms with van der Waals surface area (Å²) in [7, 11) is 3.44. The van der Waals surface area contributed by atoms with Crippen LogP contribution in [0.25, 0.3) is 11.0 Å². The van der Waals surface area contributed by atoms with Crippen LogP contribution in [0.15, 0.2) is 41.9 Å². The van der Waals surface area contributed by atoms with Crippen LogP contribution in [0.3, 0.4) is 0 Å². The van der Waals surface area contributed by atoms with E-state index in [9.17, 15) is 4.79 Å². The third-order valence-electron chi connectivity index (χ3n) is 3.98. The molecule has 7 nitrogen and oxygen atoms in total. The van der Waals surface area contributed by atoms with E-state index in [1.807, 2.05) is 25.1 Å². The molecule has 0 aliphatic heterocycles. The molecule has 1 amide bonds. The van der Waals surface area contributed by atoms with Crippen LogP contribution in [0.4, 0.5) is 0 Å². The maximum absolute atomic E-state index is 11.7. The first kappa shape index (κ1) is 22.9. The van der Waals surface area contributed by atoms with Gasteiger partial charge in [0.2, 0.25) is 5.91 Å². The monoisotopic (exact) mass is 484 g/mol. The second-order valence-electron chi connectivity index (χ2n) is 6.20. The van der Waals surface area contributed by atoms with Crippen molar-refractivity contribution in [3.8, 4) is 0 Å². The number of carbonyl (C=O) groups excluding carboxylic acids is 1. The first-order valence-corrected chi connectivity index (χ1v) is 8.78. The standard InChI is InChI=1S/C19H28N6O.HI/c1-5-11-20-19(22-14-18(26)24(3)4)21-12-8-13-25-15(2)23-16-9-6-7-10-17(16)25;/h5-7,9-10H,1,8,11-14H2,2-4H3,(H2,20,21,22);1H. The number of imidazole rings is 1. The second-order valence-corrected chi connectivity index (χ2v) is 6.20. The SMILES string of the molecule is C=CCNC(=NCC(=O)N(C)C)NCCCn1c(C)nc2ccccc21.I. The van der Waals surface area contributed by atoms with Crippen LogP contribution in [0.1, 0.15) is 12.2 Å². The van der Waals surface area contributed by atoms with Gasteiger partial charge < -0.3 is 20.1 Å². The smallest absolute Gasteiger partial charge is 0.243 e. The number of nitrogens with one attached hydrogen (secondary N) is 2. The summed E-state index contributed by atoms with van der Waals surface area (Å²) < 4.78 is 2.22. The first-order chi connectivity index (χ1) is 12.5. The highest BCUT2D eigenvalue weighted by molar-refractivity contribution is 14.0. The Bertz CT molecular complexity index is 784. The van der Waals surface area contributed by atoms with E-state index in [0.29, 0.717) is 12.5 Å². The molecule has 0 bridgehead atoms. The quantitative estimate of drug-likeness (QED) is 0.198. The van der Waals surface area contributed by atoms with E-state index >= 15 is 0 Å². The fraction of sp³-hybridized carbons (Fsp3) is 0.421. The van der Waals surface area contributed by atoms with Gasteiger partial charge >= 0.3 is 0 Å². The number of rotatable bonds is 8. The highest BCUT2D eigenvalue weighted by Crippen LogP contribution is 2.15. The number of aryl methyl sites for hydroxylation is 2. The number of carbonyl (C=O) groups is 1. The Hall–Kier alpha value is -2.10. The van der Waals surface area contributed by atoms with Gasteiger partial charge in [-0.3, -0.25) is 4.79 Å². The zero-order valence-corrected chi connectivity index (χ0v) is 18.6. The number of hydrogen-bond donors (Lipinski definition) is 2. The zero-order chi connectivity index (χ0) is 18.9. The number of hydrogen-bond acceptors (Lipinski definition) is 3. The molecule has 8 heteroatoms. The summed E-state index contributed by atoms with van der Waals surface area (Å²) in [6.45, 7) is 8.03. The molecule has 0 fully saturated rings. The average Bonchev–Trinajstić information content (AvgIpc) is 2.95. The van der Waals surface area contributed by atoms with Gasteiger partial charge in [0.15, 0.2) is 5.96 Å². The van der Waals surface area contributed by atoms with Crippen LogP contribution in [-0.2, 0) is 11.3 Å². The van der Waals surface area contributed by atoms with Gasteiger partial charge in [-0.2, -0.15) is 0 Å². The summed E-state index contributed by atoms with van der Waals surface area (Å²) in [4.78, 5) is 22.1. The summed E-state index contributed by atoms with van der Waals surface area (Å²) in [6.07, 6.45) is 2.67. The van der Waals surface area contributed by atoms with E-state index in [-0.39, 0.29) is 36.4 Å². The number of para-hydroxylation sites is 2. The summed E-state index contributed by atoms with van der Waals surface area (Å²) in [5.41, 5.74) is 2.18.